The van der Waals surface area contributed by atoms with Gasteiger partial charge in [-0.2, -0.15) is 0 Å². The molecule has 0 radical (unpaired) electrons. The topological polar surface area (TPSA) is 355 Å². The van der Waals surface area contributed by atoms with Crippen molar-refractivity contribution in [3.05, 3.63) is 0 Å². The van der Waals surface area contributed by atoms with Crippen molar-refractivity contribution in [3.63, 3.8) is 0 Å². The molecule has 0 rings (SSSR count). The van der Waals surface area contributed by atoms with E-state index < -0.39 is 122 Å². The third-order valence-electron chi connectivity index (χ3n) is 9.69. The Kier molecular flexibility index (Phi) is 27.8. The summed E-state index contributed by atoms with van der Waals surface area (Å²) in [5, 5.41) is 49.6. The van der Waals surface area contributed by atoms with Gasteiger partial charge in [0.25, 0.3) is 0 Å². The van der Waals surface area contributed by atoms with E-state index in [4.69, 9.17) is 10.8 Å². The van der Waals surface area contributed by atoms with E-state index >= 15 is 0 Å². The molecule has 0 aromatic carbocycles. The van der Waals surface area contributed by atoms with Crippen molar-refractivity contribution in [3.8, 4) is 0 Å². The lowest BCUT2D eigenvalue weighted by Gasteiger charge is -2.18. The lowest BCUT2D eigenvalue weighted by Crippen LogP contribution is -2.45. The van der Waals surface area contributed by atoms with Crippen LogP contribution in [0.3, 0.4) is 0 Å². The number of carboxylic acid groups (broad SMARTS) is 4. The molecule has 0 fully saturated rings. The van der Waals surface area contributed by atoms with E-state index in [0.29, 0.717) is 32.2 Å². The van der Waals surface area contributed by atoms with Crippen molar-refractivity contribution < 1.29 is 73.2 Å². The summed E-state index contributed by atoms with van der Waals surface area (Å²) in [5.41, 5.74) is 5.97. The highest BCUT2D eigenvalue weighted by Gasteiger charge is 2.27. The zero-order chi connectivity index (χ0) is 45.8. The number of hydrogen-bond acceptors (Lipinski definition) is 12. The SMILES string of the molecule is CCC(=O)[C@@H](CC)CCCCNC(=O)[C@@H](N)CCCCNC(=O)CC[C@H](CC(=O)CC[C@H](NC(=O)CC[C@H](NC(=O)CC[C@H](NC(C)=O)C(=O)O)C(=O)O)C(=O)O)C(=O)O. The van der Waals surface area contributed by atoms with E-state index in [1.54, 1.807) is 0 Å². The van der Waals surface area contributed by atoms with Crippen LogP contribution >= 0.6 is 0 Å². The quantitative estimate of drug-likeness (QED) is 0.0386. The maximum atomic E-state index is 12.6. The molecule has 0 aliphatic heterocycles. The van der Waals surface area contributed by atoms with Crippen LogP contribution in [-0.4, -0.2) is 123 Å². The summed E-state index contributed by atoms with van der Waals surface area (Å²) in [6.07, 6.45) is 1.51. The van der Waals surface area contributed by atoms with Gasteiger partial charge in [0.2, 0.25) is 29.5 Å². The van der Waals surface area contributed by atoms with Crippen LogP contribution in [0.5, 0.6) is 0 Å². The van der Waals surface area contributed by atoms with Gasteiger partial charge in [0.05, 0.1) is 12.0 Å². The first-order chi connectivity index (χ1) is 28.2. The highest BCUT2D eigenvalue weighted by molar-refractivity contribution is 5.88. The van der Waals surface area contributed by atoms with E-state index in [1.165, 1.54) is 0 Å². The molecule has 21 heteroatoms. The molecule has 0 heterocycles. The summed E-state index contributed by atoms with van der Waals surface area (Å²) in [6.45, 7) is 5.63. The number of nitrogens with two attached hydrogens (primary N) is 1. The maximum absolute atomic E-state index is 12.6. The summed E-state index contributed by atoms with van der Waals surface area (Å²) < 4.78 is 0. The molecular formula is C39H64N6O15. The third kappa shape index (κ3) is 25.1. The summed E-state index contributed by atoms with van der Waals surface area (Å²) in [7, 11) is 0. The molecule has 11 N–H and O–H groups in total. The molecule has 0 aromatic rings. The second-order valence-corrected chi connectivity index (χ2v) is 14.6. The first-order valence-corrected chi connectivity index (χ1v) is 20.3. The molecule has 0 spiro atoms. The Morgan fingerprint density at radius 1 is 0.517 bits per heavy atom. The molecule has 6 atom stereocenters. The molecule has 0 unspecified atom stereocenters. The van der Waals surface area contributed by atoms with Crippen molar-refractivity contribution in [1.29, 1.82) is 0 Å². The number of Topliss-reactive ketones (excluding diaryl/α,β-unsaturated/α-hetero) is 2. The molecule has 340 valence electrons. The predicted octanol–water partition coefficient (Wildman–Crippen LogP) is 0.401. The standard InChI is InChI=1S/C39H64N6O15/c1-4-24(31(48)5-2)10-6-8-21-42-35(52)27(40)11-7-9-20-41-32(49)17-12-25(36(53)54)22-26(47)13-14-29(38(57)58)44-34(51)19-16-30(39(59)60)45-33(50)18-15-28(37(55)56)43-23(3)46/h24-25,27-30H,4-22,40H2,1-3H3,(H,41,49)(H,42,52)(H,43,46)(H,44,51)(H,45,50)(H,53,54)(H,55,56)(H,57,58)(H,59,60)/t24-,25+,27-,28-,29-,30-/m0/s1. The molecule has 0 saturated carbocycles. The molecule has 0 saturated heterocycles. The number of rotatable bonds is 35. The van der Waals surface area contributed by atoms with Gasteiger partial charge in [0, 0.05) is 64.5 Å². The normalized spacial score (nSPS) is 13.9. The average Bonchev–Trinajstić information content (AvgIpc) is 3.18. The lowest BCUT2D eigenvalue weighted by atomic mass is 9.93. The van der Waals surface area contributed by atoms with Crippen molar-refractivity contribution in [2.75, 3.05) is 13.1 Å². The van der Waals surface area contributed by atoms with Crippen LogP contribution in [0, 0.1) is 11.8 Å². The van der Waals surface area contributed by atoms with Crippen LogP contribution in [0.4, 0.5) is 0 Å². The van der Waals surface area contributed by atoms with E-state index in [9.17, 15) is 68.1 Å². The molecule has 0 bridgehead atoms. The summed E-state index contributed by atoms with van der Waals surface area (Å²) >= 11 is 0. The second-order valence-electron chi connectivity index (χ2n) is 14.6. The average molecular weight is 857 g/mol. The van der Waals surface area contributed by atoms with E-state index in [2.05, 4.69) is 26.6 Å². The summed E-state index contributed by atoms with van der Waals surface area (Å²) in [5.74, 6) is -10.5. The molecule has 0 aliphatic rings. The van der Waals surface area contributed by atoms with Gasteiger partial charge in [-0.25, -0.2) is 14.4 Å². The molecule has 21 nitrogen and oxygen atoms in total. The van der Waals surface area contributed by atoms with Crippen molar-refractivity contribution >= 4 is 65.0 Å². The molecule has 0 aromatic heterocycles. The maximum Gasteiger partial charge on any atom is 0.326 e. The van der Waals surface area contributed by atoms with Crippen LogP contribution in [0.15, 0.2) is 0 Å². The number of carbonyl (C=O) groups is 11. The minimum atomic E-state index is -1.60. The van der Waals surface area contributed by atoms with Crippen LogP contribution in [0.2, 0.25) is 0 Å². The number of unbranched alkanes of at least 4 members (excludes halogenated alkanes) is 2. The van der Waals surface area contributed by atoms with E-state index in [0.717, 1.165) is 32.6 Å². The second kappa shape index (κ2) is 30.6. The zero-order valence-electron chi connectivity index (χ0n) is 34.8. The Hall–Kier alpha value is -5.47. The molecular weight excluding hydrogens is 792 g/mol. The van der Waals surface area contributed by atoms with Crippen LogP contribution in [0.1, 0.15) is 130 Å². The first-order valence-electron chi connectivity index (χ1n) is 20.3. The lowest BCUT2D eigenvalue weighted by molar-refractivity contribution is -0.145. The Morgan fingerprint density at radius 3 is 1.45 bits per heavy atom. The fourth-order valence-corrected chi connectivity index (χ4v) is 6.08. The molecule has 5 amide bonds. The number of amides is 5. The highest BCUT2D eigenvalue weighted by atomic mass is 16.4. The number of ketones is 2. The monoisotopic (exact) mass is 856 g/mol. The van der Waals surface area contributed by atoms with Gasteiger partial charge in [0.1, 0.15) is 29.7 Å². The third-order valence-corrected chi connectivity index (χ3v) is 9.69. The number of nitrogens with one attached hydrogen (secondary N) is 5. The Balaban J connectivity index is 4.63. The predicted molar refractivity (Wildman–Crippen MR) is 213 cm³/mol. The molecule has 60 heavy (non-hydrogen) atoms. The Bertz CT molecular complexity index is 1490. The first kappa shape index (κ1) is 54.5. The summed E-state index contributed by atoms with van der Waals surface area (Å²) in [6, 6.07) is -5.30. The van der Waals surface area contributed by atoms with Crippen LogP contribution < -0.4 is 32.3 Å². The fourth-order valence-electron chi connectivity index (χ4n) is 6.08. The van der Waals surface area contributed by atoms with Crippen LogP contribution in [0.25, 0.3) is 0 Å². The van der Waals surface area contributed by atoms with Gasteiger partial charge >= 0.3 is 23.9 Å². The molecule has 0 aliphatic carbocycles. The van der Waals surface area contributed by atoms with E-state index in [1.807, 2.05) is 13.8 Å². The van der Waals surface area contributed by atoms with Crippen molar-refractivity contribution in [1.82, 2.24) is 26.6 Å². The number of carboxylic acids is 4. The smallest absolute Gasteiger partial charge is 0.326 e. The van der Waals surface area contributed by atoms with E-state index in [-0.39, 0.29) is 43.4 Å². The number of aliphatic carboxylic acids is 4. The van der Waals surface area contributed by atoms with Gasteiger partial charge in [0.15, 0.2) is 0 Å². The fraction of sp³-hybridized carbons (Fsp3) is 0.718. The van der Waals surface area contributed by atoms with Gasteiger partial charge in [-0.15, -0.1) is 0 Å². The van der Waals surface area contributed by atoms with Gasteiger partial charge in [-0.05, 0) is 64.2 Å². The van der Waals surface area contributed by atoms with Crippen molar-refractivity contribution in [2.45, 2.75) is 154 Å². The van der Waals surface area contributed by atoms with Gasteiger partial charge in [-0.3, -0.25) is 38.4 Å². The largest absolute Gasteiger partial charge is 0.481 e. The van der Waals surface area contributed by atoms with Crippen molar-refractivity contribution in [2.24, 2.45) is 17.6 Å². The zero-order valence-corrected chi connectivity index (χ0v) is 34.8. The minimum absolute atomic E-state index is 0.0511. The van der Waals surface area contributed by atoms with Gasteiger partial charge in [-0.1, -0.05) is 20.3 Å². The Morgan fingerprint density at radius 2 is 0.983 bits per heavy atom. The Labute approximate surface area is 349 Å². The number of hydrogen-bond donors (Lipinski definition) is 10. The summed E-state index contributed by atoms with van der Waals surface area (Å²) in [4.78, 5) is 131. The number of carbonyl (C=O) groups excluding carboxylic acids is 7. The van der Waals surface area contributed by atoms with Crippen LogP contribution in [-0.2, 0) is 52.7 Å². The van der Waals surface area contributed by atoms with Gasteiger partial charge < -0.3 is 52.7 Å². The minimum Gasteiger partial charge on any atom is -0.481 e. The highest BCUT2D eigenvalue weighted by Crippen LogP contribution is 2.16.